The second kappa shape index (κ2) is 9.89. The molecule has 33 heavy (non-hydrogen) atoms. The van der Waals surface area contributed by atoms with Crippen LogP contribution in [0.4, 0.5) is 18.0 Å². The van der Waals surface area contributed by atoms with Gasteiger partial charge in [0, 0.05) is 33.2 Å². The van der Waals surface area contributed by atoms with Crippen LogP contribution in [0, 0.1) is 0 Å². The first kappa shape index (κ1) is 24.7. The van der Waals surface area contributed by atoms with Crippen molar-refractivity contribution in [2.45, 2.75) is 17.1 Å². The van der Waals surface area contributed by atoms with E-state index in [1.54, 1.807) is 35.2 Å². The fourth-order valence-electron chi connectivity index (χ4n) is 3.57. The third-order valence-corrected chi connectivity index (χ3v) is 7.20. The number of carbonyl (C=O) groups is 2. The van der Waals surface area contributed by atoms with Crippen LogP contribution >= 0.6 is 0 Å². The monoisotopic (exact) mass is 484 g/mol. The van der Waals surface area contributed by atoms with E-state index in [-0.39, 0.29) is 31.1 Å². The number of hydrogen-bond acceptors (Lipinski definition) is 5. The average molecular weight is 485 g/mol. The minimum Gasteiger partial charge on any atom is -0.341 e. The number of nitrogens with one attached hydrogen (secondary N) is 2. The van der Waals surface area contributed by atoms with Gasteiger partial charge in [-0.15, -0.1) is 0 Å². The molecular formula is C21H23F3N4O4S. The van der Waals surface area contributed by atoms with Crippen molar-refractivity contribution in [3.63, 3.8) is 0 Å². The Morgan fingerprint density at radius 2 is 1.52 bits per heavy atom. The van der Waals surface area contributed by atoms with Gasteiger partial charge in [-0.25, -0.2) is 13.2 Å². The molecule has 12 heteroatoms. The van der Waals surface area contributed by atoms with Crippen molar-refractivity contribution in [1.29, 1.82) is 0 Å². The van der Waals surface area contributed by atoms with E-state index in [9.17, 15) is 31.2 Å². The summed E-state index contributed by atoms with van der Waals surface area (Å²) >= 11 is 0. The van der Waals surface area contributed by atoms with E-state index >= 15 is 0 Å². The standard InChI is InChI=1S/C21H23F3N4O4S/c1-25-20(30)26-19(29)18(15-5-3-2-4-6-15)27-11-13-28(14-12-27)33(31,32)17-9-7-16(8-10-17)21(22,23)24/h2-10,18H,11-14H2,1H3,(H2,25,26,29,30). The van der Waals surface area contributed by atoms with Gasteiger partial charge in [-0.2, -0.15) is 17.5 Å². The molecule has 1 saturated heterocycles. The Morgan fingerprint density at radius 3 is 2.03 bits per heavy atom. The lowest BCUT2D eigenvalue weighted by Crippen LogP contribution is -2.53. The predicted molar refractivity (Wildman–Crippen MR) is 114 cm³/mol. The van der Waals surface area contributed by atoms with Gasteiger partial charge in [0.25, 0.3) is 0 Å². The first-order chi connectivity index (χ1) is 15.5. The van der Waals surface area contributed by atoms with Crippen molar-refractivity contribution in [2.24, 2.45) is 0 Å². The maximum absolute atomic E-state index is 12.9. The normalized spacial score (nSPS) is 16.7. The topological polar surface area (TPSA) is 98.8 Å². The van der Waals surface area contributed by atoms with Crippen LogP contribution < -0.4 is 10.6 Å². The number of alkyl halides is 3. The summed E-state index contributed by atoms with van der Waals surface area (Å²) in [6.07, 6.45) is -4.56. The number of piperazine rings is 1. The van der Waals surface area contributed by atoms with Crippen LogP contribution in [0.3, 0.4) is 0 Å². The number of rotatable bonds is 5. The summed E-state index contributed by atoms with van der Waals surface area (Å²) in [5.41, 5.74) is -0.294. The summed E-state index contributed by atoms with van der Waals surface area (Å²) < 4.78 is 65.3. The van der Waals surface area contributed by atoms with Crippen LogP contribution in [0.2, 0.25) is 0 Å². The second-order valence-electron chi connectivity index (χ2n) is 7.34. The van der Waals surface area contributed by atoms with Gasteiger partial charge < -0.3 is 5.32 Å². The van der Waals surface area contributed by atoms with Gasteiger partial charge in [0.1, 0.15) is 6.04 Å². The SMILES string of the molecule is CNC(=O)NC(=O)C(c1ccccc1)N1CCN(S(=O)(=O)c2ccc(C(F)(F)F)cc2)CC1. The molecule has 1 fully saturated rings. The van der Waals surface area contributed by atoms with Crippen molar-refractivity contribution in [1.82, 2.24) is 19.8 Å². The molecule has 1 atom stereocenters. The van der Waals surface area contributed by atoms with Crippen LogP contribution in [0.15, 0.2) is 59.5 Å². The molecule has 0 radical (unpaired) electrons. The molecule has 0 aromatic heterocycles. The number of urea groups is 1. The van der Waals surface area contributed by atoms with Crippen LogP contribution in [0.25, 0.3) is 0 Å². The molecule has 2 N–H and O–H groups in total. The quantitative estimate of drug-likeness (QED) is 0.678. The summed E-state index contributed by atoms with van der Waals surface area (Å²) in [6.45, 7) is 0.418. The third kappa shape index (κ3) is 5.70. The fraction of sp³-hybridized carbons (Fsp3) is 0.333. The highest BCUT2D eigenvalue weighted by molar-refractivity contribution is 7.89. The van der Waals surface area contributed by atoms with Gasteiger partial charge in [0.15, 0.2) is 0 Å². The van der Waals surface area contributed by atoms with Gasteiger partial charge in [0.2, 0.25) is 15.9 Å². The predicted octanol–water partition coefficient (Wildman–Crippen LogP) is 2.21. The first-order valence-electron chi connectivity index (χ1n) is 10.0. The molecule has 1 heterocycles. The highest BCUT2D eigenvalue weighted by Crippen LogP contribution is 2.31. The summed E-state index contributed by atoms with van der Waals surface area (Å²) in [5.74, 6) is -0.556. The van der Waals surface area contributed by atoms with Gasteiger partial charge in [-0.3, -0.25) is 15.0 Å². The molecule has 1 unspecified atom stereocenters. The van der Waals surface area contributed by atoms with Crippen molar-refractivity contribution in [2.75, 3.05) is 33.2 Å². The van der Waals surface area contributed by atoms with E-state index in [0.717, 1.165) is 24.3 Å². The largest absolute Gasteiger partial charge is 0.416 e. The Hall–Kier alpha value is -2.96. The van der Waals surface area contributed by atoms with E-state index in [1.807, 2.05) is 0 Å². The van der Waals surface area contributed by atoms with Crippen LogP contribution in [0.1, 0.15) is 17.2 Å². The summed E-state index contributed by atoms with van der Waals surface area (Å²) in [6, 6.07) is 10.6. The van der Waals surface area contributed by atoms with Gasteiger partial charge >= 0.3 is 12.2 Å². The molecule has 8 nitrogen and oxygen atoms in total. The molecule has 0 bridgehead atoms. The fourth-order valence-corrected chi connectivity index (χ4v) is 5.00. The minimum absolute atomic E-state index is 0.0277. The zero-order valence-electron chi connectivity index (χ0n) is 17.7. The lowest BCUT2D eigenvalue weighted by atomic mass is 10.0. The summed E-state index contributed by atoms with van der Waals surface area (Å²) in [5, 5.41) is 4.57. The molecule has 2 aromatic carbocycles. The highest BCUT2D eigenvalue weighted by atomic mass is 32.2. The number of nitrogens with zero attached hydrogens (tertiary/aromatic N) is 2. The molecule has 3 amide bonds. The van der Waals surface area contributed by atoms with Gasteiger partial charge in [-0.05, 0) is 29.8 Å². The molecule has 178 valence electrons. The molecule has 0 spiro atoms. The Balaban J connectivity index is 1.75. The van der Waals surface area contributed by atoms with E-state index in [4.69, 9.17) is 0 Å². The number of imide groups is 1. The molecule has 0 aliphatic carbocycles. The van der Waals surface area contributed by atoms with E-state index in [1.165, 1.54) is 11.4 Å². The van der Waals surface area contributed by atoms with Crippen LogP contribution in [-0.4, -0.2) is 62.8 Å². The van der Waals surface area contributed by atoms with Crippen molar-refractivity contribution in [3.05, 3.63) is 65.7 Å². The number of benzene rings is 2. The average Bonchev–Trinajstić information content (AvgIpc) is 2.79. The van der Waals surface area contributed by atoms with Gasteiger partial charge in [-0.1, -0.05) is 30.3 Å². The first-order valence-corrected chi connectivity index (χ1v) is 11.5. The van der Waals surface area contributed by atoms with Crippen molar-refractivity contribution in [3.8, 4) is 0 Å². The molecular weight excluding hydrogens is 461 g/mol. The van der Waals surface area contributed by atoms with Crippen molar-refractivity contribution < 1.29 is 31.2 Å². The van der Waals surface area contributed by atoms with E-state index in [2.05, 4.69) is 10.6 Å². The molecule has 1 aliphatic rings. The maximum atomic E-state index is 12.9. The maximum Gasteiger partial charge on any atom is 0.416 e. The zero-order valence-corrected chi connectivity index (χ0v) is 18.5. The van der Waals surface area contributed by atoms with Crippen molar-refractivity contribution >= 4 is 22.0 Å². The number of sulfonamides is 1. The second-order valence-corrected chi connectivity index (χ2v) is 9.28. The number of amides is 3. The summed E-state index contributed by atoms with van der Waals surface area (Å²) in [7, 11) is -2.63. The smallest absolute Gasteiger partial charge is 0.341 e. The number of carbonyl (C=O) groups excluding carboxylic acids is 2. The third-order valence-electron chi connectivity index (χ3n) is 5.29. The highest BCUT2D eigenvalue weighted by Gasteiger charge is 2.36. The van der Waals surface area contributed by atoms with Crippen LogP contribution in [-0.2, 0) is 21.0 Å². The molecule has 0 saturated carbocycles. The Morgan fingerprint density at radius 1 is 0.939 bits per heavy atom. The molecule has 3 rings (SSSR count). The van der Waals surface area contributed by atoms with E-state index in [0.29, 0.717) is 5.56 Å². The Labute approximate surface area is 189 Å². The lowest BCUT2D eigenvalue weighted by Gasteiger charge is -2.38. The summed E-state index contributed by atoms with van der Waals surface area (Å²) in [4.78, 5) is 26.0. The molecule has 1 aliphatic heterocycles. The number of halogens is 3. The zero-order chi connectivity index (χ0) is 24.2. The van der Waals surface area contributed by atoms with E-state index < -0.39 is 39.7 Å². The lowest BCUT2D eigenvalue weighted by molar-refractivity contribution is -0.137. The minimum atomic E-state index is -4.56. The Kier molecular flexibility index (Phi) is 7.40. The van der Waals surface area contributed by atoms with Crippen LogP contribution in [0.5, 0.6) is 0 Å². The molecule has 2 aromatic rings. The van der Waals surface area contributed by atoms with Gasteiger partial charge in [0.05, 0.1) is 10.5 Å². The Bertz CT molecular complexity index is 1080. The number of hydrogen-bond donors (Lipinski definition) is 2.